The van der Waals surface area contributed by atoms with Crippen LogP contribution >= 0.6 is 0 Å². The molecule has 0 unspecified atom stereocenters. The zero-order valence-electron chi connectivity index (χ0n) is 10.2. The smallest absolute Gasteiger partial charge is 0.301 e. The van der Waals surface area contributed by atoms with E-state index < -0.39 is 18.4 Å². The maximum atomic E-state index is 11.4. The lowest BCUT2D eigenvalue weighted by molar-refractivity contribution is -0.0470. The first-order valence-electron chi connectivity index (χ1n) is 5.65. The maximum Gasteiger partial charge on any atom is 0.301 e. The fraction of sp³-hybridized carbons (Fsp3) is 0.636. The quantitative estimate of drug-likeness (QED) is 0.735. The molecule has 0 bridgehead atoms. The van der Waals surface area contributed by atoms with Gasteiger partial charge in [0.2, 0.25) is 0 Å². The molecule has 2 rings (SSSR count). The summed E-state index contributed by atoms with van der Waals surface area (Å²) >= 11 is 0. The Balaban J connectivity index is 2.34. The predicted molar refractivity (Wildman–Crippen MR) is 61.4 cm³/mol. The van der Waals surface area contributed by atoms with Gasteiger partial charge in [-0.05, 0) is 6.92 Å². The van der Waals surface area contributed by atoms with Crippen LogP contribution < -0.4 is 10.3 Å². The van der Waals surface area contributed by atoms with Crippen molar-refractivity contribution in [1.29, 1.82) is 0 Å². The molecule has 1 fully saturated rings. The minimum absolute atomic E-state index is 0.126. The highest BCUT2D eigenvalue weighted by atomic mass is 16.5. The van der Waals surface area contributed by atoms with E-state index in [4.69, 9.17) is 14.6 Å². The van der Waals surface area contributed by atoms with Crippen molar-refractivity contribution >= 4 is 0 Å². The third-order valence-electron chi connectivity index (χ3n) is 2.97. The number of aromatic nitrogens is 2. The van der Waals surface area contributed by atoms with Crippen LogP contribution in [-0.2, 0) is 4.74 Å². The lowest BCUT2D eigenvalue weighted by Gasteiger charge is -2.18. The van der Waals surface area contributed by atoms with E-state index in [-0.39, 0.29) is 18.2 Å². The monoisotopic (exact) mass is 256 g/mol. The van der Waals surface area contributed by atoms with E-state index in [0.29, 0.717) is 12.0 Å². The van der Waals surface area contributed by atoms with Crippen LogP contribution in [0, 0.1) is 6.92 Å². The van der Waals surface area contributed by atoms with Crippen LogP contribution in [0.4, 0.5) is 0 Å². The molecule has 7 heteroatoms. The van der Waals surface area contributed by atoms with E-state index in [1.165, 1.54) is 7.11 Å². The number of aliphatic hydroxyl groups excluding tert-OH is 2. The van der Waals surface area contributed by atoms with Crippen molar-refractivity contribution in [3.63, 3.8) is 0 Å². The first kappa shape index (κ1) is 13.0. The summed E-state index contributed by atoms with van der Waals surface area (Å²) in [6.07, 6.45) is 0.0134. The highest BCUT2D eigenvalue weighted by Gasteiger charge is 2.35. The van der Waals surface area contributed by atoms with Crippen LogP contribution in [0.2, 0.25) is 0 Å². The Hall–Kier alpha value is -1.44. The second kappa shape index (κ2) is 5.05. The van der Waals surface area contributed by atoms with Crippen molar-refractivity contribution in [3.8, 4) is 6.01 Å². The molecular weight excluding hydrogens is 240 g/mol. The average molecular weight is 256 g/mol. The third-order valence-corrected chi connectivity index (χ3v) is 2.97. The Kier molecular flexibility index (Phi) is 3.65. The van der Waals surface area contributed by atoms with Gasteiger partial charge in [-0.1, -0.05) is 0 Å². The number of aliphatic hydroxyl groups is 2. The molecule has 1 aromatic heterocycles. The molecule has 2 N–H and O–H groups in total. The van der Waals surface area contributed by atoms with Gasteiger partial charge >= 0.3 is 6.01 Å². The van der Waals surface area contributed by atoms with Crippen molar-refractivity contribution in [2.45, 2.75) is 31.8 Å². The van der Waals surface area contributed by atoms with Crippen molar-refractivity contribution < 1.29 is 19.7 Å². The normalized spacial score (nSPS) is 27.4. The van der Waals surface area contributed by atoms with Gasteiger partial charge in [-0.15, -0.1) is 0 Å². The average Bonchev–Trinajstić information content (AvgIpc) is 2.73. The number of aryl methyl sites for hydroxylation is 1. The largest absolute Gasteiger partial charge is 0.468 e. The maximum absolute atomic E-state index is 11.4. The minimum Gasteiger partial charge on any atom is -0.468 e. The van der Waals surface area contributed by atoms with E-state index >= 15 is 0 Å². The highest BCUT2D eigenvalue weighted by Crippen LogP contribution is 2.30. The van der Waals surface area contributed by atoms with Gasteiger partial charge in [-0.3, -0.25) is 9.36 Å². The van der Waals surface area contributed by atoms with Gasteiger partial charge in [0, 0.05) is 18.2 Å². The summed E-state index contributed by atoms with van der Waals surface area (Å²) in [7, 11) is 1.41. The Morgan fingerprint density at radius 2 is 2.39 bits per heavy atom. The number of methoxy groups -OCH3 is 1. The molecule has 0 amide bonds. The van der Waals surface area contributed by atoms with Gasteiger partial charge in [-0.2, -0.15) is 4.98 Å². The van der Waals surface area contributed by atoms with Crippen LogP contribution in [0.5, 0.6) is 6.01 Å². The second-order valence-electron chi connectivity index (χ2n) is 4.24. The third kappa shape index (κ3) is 2.24. The van der Waals surface area contributed by atoms with Gasteiger partial charge in [-0.25, -0.2) is 0 Å². The number of hydrogen-bond acceptors (Lipinski definition) is 6. The van der Waals surface area contributed by atoms with Gasteiger partial charge in [0.05, 0.1) is 19.8 Å². The molecule has 1 aromatic rings. The fourth-order valence-electron chi connectivity index (χ4n) is 1.96. The molecule has 0 radical (unpaired) electrons. The van der Waals surface area contributed by atoms with E-state index in [0.717, 1.165) is 0 Å². The molecule has 7 nitrogen and oxygen atoms in total. The van der Waals surface area contributed by atoms with E-state index in [1.807, 2.05) is 0 Å². The van der Waals surface area contributed by atoms with E-state index in [2.05, 4.69) is 4.98 Å². The molecule has 1 aliphatic heterocycles. The second-order valence-corrected chi connectivity index (χ2v) is 4.24. The Bertz CT molecular complexity index is 487. The predicted octanol–water partition coefficient (Wildman–Crippen LogP) is -0.799. The molecule has 100 valence electrons. The standard InChI is InChI=1S/C11H16N2O5/c1-6-4-13(11(17-2)12-10(6)16)9-3-7(15)8(5-14)18-9/h4,7-9,14-15H,3,5H2,1-2H3/t7-,8+,9-/m0/s1. The molecule has 0 aromatic carbocycles. The molecule has 1 saturated heterocycles. The van der Waals surface area contributed by atoms with Gasteiger partial charge in [0.1, 0.15) is 12.3 Å². The summed E-state index contributed by atoms with van der Waals surface area (Å²) in [4.78, 5) is 15.2. The number of ether oxygens (including phenoxy) is 2. The van der Waals surface area contributed by atoms with E-state index in [9.17, 15) is 9.90 Å². The summed E-state index contributed by atoms with van der Waals surface area (Å²) in [5.41, 5.74) is 0.0988. The first-order chi connectivity index (χ1) is 8.56. The van der Waals surface area contributed by atoms with E-state index in [1.54, 1.807) is 17.7 Å². The van der Waals surface area contributed by atoms with Crippen molar-refractivity contribution in [1.82, 2.24) is 9.55 Å². The summed E-state index contributed by atoms with van der Waals surface area (Å²) in [5.74, 6) is 0. The van der Waals surface area contributed by atoms with Crippen molar-refractivity contribution in [2.75, 3.05) is 13.7 Å². The number of nitrogens with zero attached hydrogens (tertiary/aromatic N) is 2. The van der Waals surface area contributed by atoms with Crippen molar-refractivity contribution in [3.05, 3.63) is 22.1 Å². The van der Waals surface area contributed by atoms with Crippen molar-refractivity contribution in [2.24, 2.45) is 0 Å². The topological polar surface area (TPSA) is 93.8 Å². The number of rotatable bonds is 3. The van der Waals surface area contributed by atoms with Gasteiger partial charge in [0.15, 0.2) is 0 Å². The Morgan fingerprint density at radius 1 is 1.67 bits per heavy atom. The molecule has 1 aliphatic rings. The minimum atomic E-state index is -0.746. The van der Waals surface area contributed by atoms with Gasteiger partial charge < -0.3 is 19.7 Å². The lowest BCUT2D eigenvalue weighted by atomic mass is 10.2. The summed E-state index contributed by atoms with van der Waals surface area (Å²) in [5, 5.41) is 18.7. The Morgan fingerprint density at radius 3 is 2.94 bits per heavy atom. The SMILES string of the molecule is COc1nc(=O)c(C)cn1[C@@H]1C[C@H](O)[C@@H](CO)O1. The summed E-state index contributed by atoms with van der Waals surface area (Å²) in [6, 6.07) is 0.126. The molecule has 18 heavy (non-hydrogen) atoms. The number of hydrogen-bond donors (Lipinski definition) is 2. The van der Waals surface area contributed by atoms with Crippen LogP contribution in [0.3, 0.4) is 0 Å². The molecule has 0 saturated carbocycles. The van der Waals surface area contributed by atoms with Crippen LogP contribution in [0.15, 0.2) is 11.0 Å². The fourth-order valence-corrected chi connectivity index (χ4v) is 1.96. The van der Waals surface area contributed by atoms with Crippen LogP contribution in [-0.4, -0.2) is 45.7 Å². The van der Waals surface area contributed by atoms with Crippen LogP contribution in [0.25, 0.3) is 0 Å². The van der Waals surface area contributed by atoms with Crippen LogP contribution in [0.1, 0.15) is 18.2 Å². The molecule has 0 spiro atoms. The zero-order chi connectivity index (χ0) is 13.3. The molecule has 0 aliphatic carbocycles. The van der Waals surface area contributed by atoms with Gasteiger partial charge in [0.25, 0.3) is 5.56 Å². The molecular formula is C11H16N2O5. The Labute approximate surface area is 104 Å². The summed E-state index contributed by atoms with van der Waals surface area (Å²) < 4.78 is 12.1. The summed E-state index contributed by atoms with van der Waals surface area (Å²) in [6.45, 7) is 1.38. The molecule has 3 atom stereocenters. The highest BCUT2D eigenvalue weighted by molar-refractivity contribution is 5.09. The zero-order valence-corrected chi connectivity index (χ0v) is 10.2. The molecule has 2 heterocycles. The lowest BCUT2D eigenvalue weighted by Crippen LogP contribution is -2.24. The first-order valence-corrected chi connectivity index (χ1v) is 5.65.